The molecule has 2 rings (SSSR count). The number of carbonyl (C=O) groups excluding carboxylic acids is 1. The van der Waals surface area contributed by atoms with Gasteiger partial charge in [0.25, 0.3) is 0 Å². The standard InChI is InChI=1S/C16H22ClNO/c1-18(11-13-6-5-8-15(17)10-13)12-14-7-3-2-4-9-16(14)19/h5-6,8,10,14H,2-4,7,9,11-12H2,1H3. The molecule has 0 heterocycles. The third-order valence-electron chi connectivity index (χ3n) is 3.80. The Labute approximate surface area is 120 Å². The molecule has 1 aliphatic carbocycles. The van der Waals surface area contributed by atoms with Gasteiger partial charge in [0, 0.05) is 30.5 Å². The molecule has 3 heteroatoms. The predicted molar refractivity (Wildman–Crippen MR) is 79.4 cm³/mol. The molecule has 0 radical (unpaired) electrons. The first-order chi connectivity index (χ1) is 9.15. The molecule has 1 aliphatic rings. The number of Topliss-reactive ketones (excluding diaryl/α,β-unsaturated/α-hetero) is 1. The zero-order chi connectivity index (χ0) is 13.7. The predicted octanol–water partition coefficient (Wildman–Crippen LogP) is 3.92. The average molecular weight is 280 g/mol. The number of rotatable bonds is 4. The molecule has 0 aromatic heterocycles. The van der Waals surface area contributed by atoms with Crippen LogP contribution in [0.25, 0.3) is 0 Å². The molecule has 1 atom stereocenters. The molecule has 0 saturated heterocycles. The molecule has 0 aliphatic heterocycles. The van der Waals surface area contributed by atoms with E-state index in [0.29, 0.717) is 5.78 Å². The van der Waals surface area contributed by atoms with Gasteiger partial charge in [0.2, 0.25) is 0 Å². The van der Waals surface area contributed by atoms with Gasteiger partial charge < -0.3 is 4.90 Å². The Morgan fingerprint density at radius 3 is 2.95 bits per heavy atom. The molecular weight excluding hydrogens is 258 g/mol. The van der Waals surface area contributed by atoms with Crippen molar-refractivity contribution in [3.8, 4) is 0 Å². The summed E-state index contributed by atoms with van der Waals surface area (Å²) in [7, 11) is 2.08. The highest BCUT2D eigenvalue weighted by molar-refractivity contribution is 6.30. The van der Waals surface area contributed by atoms with Crippen molar-refractivity contribution in [1.82, 2.24) is 4.90 Å². The zero-order valence-corrected chi connectivity index (χ0v) is 12.3. The van der Waals surface area contributed by atoms with Crippen molar-refractivity contribution in [2.24, 2.45) is 5.92 Å². The van der Waals surface area contributed by atoms with Crippen LogP contribution in [0.4, 0.5) is 0 Å². The van der Waals surface area contributed by atoms with Gasteiger partial charge in [-0.05, 0) is 37.6 Å². The van der Waals surface area contributed by atoms with E-state index in [2.05, 4.69) is 18.0 Å². The largest absolute Gasteiger partial charge is 0.301 e. The Kier molecular flexibility index (Phi) is 5.41. The van der Waals surface area contributed by atoms with Crippen molar-refractivity contribution >= 4 is 17.4 Å². The van der Waals surface area contributed by atoms with Crippen molar-refractivity contribution in [2.75, 3.05) is 13.6 Å². The van der Waals surface area contributed by atoms with Gasteiger partial charge in [-0.15, -0.1) is 0 Å². The lowest BCUT2D eigenvalue weighted by atomic mass is 9.98. The molecule has 1 aromatic rings. The average Bonchev–Trinajstić information content (AvgIpc) is 2.55. The molecule has 1 aromatic carbocycles. The second-order valence-electron chi connectivity index (χ2n) is 5.59. The monoisotopic (exact) mass is 279 g/mol. The second-order valence-corrected chi connectivity index (χ2v) is 6.03. The highest BCUT2D eigenvalue weighted by Gasteiger charge is 2.21. The number of halogens is 1. The van der Waals surface area contributed by atoms with Crippen molar-refractivity contribution in [3.63, 3.8) is 0 Å². The van der Waals surface area contributed by atoms with E-state index in [1.807, 2.05) is 18.2 Å². The molecule has 1 saturated carbocycles. The van der Waals surface area contributed by atoms with E-state index in [0.717, 1.165) is 37.4 Å². The summed E-state index contributed by atoms with van der Waals surface area (Å²) in [5.41, 5.74) is 1.20. The van der Waals surface area contributed by atoms with E-state index in [1.165, 1.54) is 18.4 Å². The molecule has 0 N–H and O–H groups in total. The van der Waals surface area contributed by atoms with Crippen molar-refractivity contribution in [2.45, 2.75) is 38.6 Å². The Balaban J connectivity index is 1.89. The Morgan fingerprint density at radius 2 is 2.16 bits per heavy atom. The summed E-state index contributed by atoms with van der Waals surface area (Å²) in [6.07, 6.45) is 5.31. The van der Waals surface area contributed by atoms with E-state index in [-0.39, 0.29) is 5.92 Å². The van der Waals surface area contributed by atoms with Crippen LogP contribution >= 0.6 is 11.6 Å². The zero-order valence-electron chi connectivity index (χ0n) is 11.6. The van der Waals surface area contributed by atoms with Crippen LogP contribution < -0.4 is 0 Å². The molecule has 0 bridgehead atoms. The number of carbonyl (C=O) groups is 1. The number of benzene rings is 1. The van der Waals surface area contributed by atoms with Crippen LogP contribution in [0.15, 0.2) is 24.3 Å². The van der Waals surface area contributed by atoms with Gasteiger partial charge in [-0.25, -0.2) is 0 Å². The molecule has 1 unspecified atom stereocenters. The fourth-order valence-electron chi connectivity index (χ4n) is 2.81. The maximum Gasteiger partial charge on any atom is 0.137 e. The van der Waals surface area contributed by atoms with Crippen LogP contribution in [0.2, 0.25) is 5.02 Å². The third kappa shape index (κ3) is 4.63. The van der Waals surface area contributed by atoms with Gasteiger partial charge in [0.15, 0.2) is 0 Å². The summed E-state index contributed by atoms with van der Waals surface area (Å²) in [5.74, 6) is 0.683. The number of ketones is 1. The van der Waals surface area contributed by atoms with E-state index in [9.17, 15) is 4.79 Å². The Hall–Kier alpha value is -0.860. The maximum atomic E-state index is 12.0. The van der Waals surface area contributed by atoms with Crippen molar-refractivity contribution in [1.29, 1.82) is 0 Å². The van der Waals surface area contributed by atoms with Gasteiger partial charge in [-0.1, -0.05) is 36.6 Å². The third-order valence-corrected chi connectivity index (χ3v) is 4.04. The molecular formula is C16H22ClNO. The van der Waals surface area contributed by atoms with Crippen LogP contribution in [-0.4, -0.2) is 24.3 Å². The molecule has 0 spiro atoms. The molecule has 0 amide bonds. The normalized spacial score (nSPS) is 20.6. The van der Waals surface area contributed by atoms with Gasteiger partial charge >= 0.3 is 0 Å². The molecule has 104 valence electrons. The van der Waals surface area contributed by atoms with E-state index in [4.69, 9.17) is 11.6 Å². The van der Waals surface area contributed by atoms with Crippen LogP contribution in [0.3, 0.4) is 0 Å². The lowest BCUT2D eigenvalue weighted by Crippen LogP contribution is -2.29. The molecule has 1 fully saturated rings. The van der Waals surface area contributed by atoms with Gasteiger partial charge in [-0.2, -0.15) is 0 Å². The quantitative estimate of drug-likeness (QED) is 0.779. The summed E-state index contributed by atoms with van der Waals surface area (Å²) in [5, 5.41) is 0.774. The number of hydrogen-bond donors (Lipinski definition) is 0. The molecule has 19 heavy (non-hydrogen) atoms. The summed E-state index contributed by atoms with van der Waals surface area (Å²) in [6, 6.07) is 7.94. The fraction of sp³-hybridized carbons (Fsp3) is 0.562. The first-order valence-electron chi connectivity index (χ1n) is 7.11. The number of hydrogen-bond acceptors (Lipinski definition) is 2. The van der Waals surface area contributed by atoms with Gasteiger partial charge in [-0.3, -0.25) is 4.79 Å². The first kappa shape index (κ1) is 14.5. The van der Waals surface area contributed by atoms with Crippen LogP contribution in [0, 0.1) is 5.92 Å². The van der Waals surface area contributed by atoms with Crippen molar-refractivity contribution in [3.05, 3.63) is 34.9 Å². The minimum Gasteiger partial charge on any atom is -0.301 e. The van der Waals surface area contributed by atoms with E-state index < -0.39 is 0 Å². The smallest absolute Gasteiger partial charge is 0.137 e. The van der Waals surface area contributed by atoms with Crippen LogP contribution in [0.1, 0.15) is 37.7 Å². The van der Waals surface area contributed by atoms with E-state index in [1.54, 1.807) is 0 Å². The van der Waals surface area contributed by atoms with Gasteiger partial charge in [0.1, 0.15) is 5.78 Å². The lowest BCUT2D eigenvalue weighted by Gasteiger charge is -2.22. The Morgan fingerprint density at radius 1 is 1.32 bits per heavy atom. The SMILES string of the molecule is CN(Cc1cccc(Cl)c1)CC1CCCCCC1=O. The maximum absolute atomic E-state index is 12.0. The summed E-state index contributed by atoms with van der Waals surface area (Å²) >= 11 is 5.99. The Bertz CT molecular complexity index is 433. The van der Waals surface area contributed by atoms with Gasteiger partial charge in [0.05, 0.1) is 0 Å². The second kappa shape index (κ2) is 7.06. The first-order valence-corrected chi connectivity index (χ1v) is 7.48. The number of nitrogens with zero attached hydrogens (tertiary/aromatic N) is 1. The fourth-order valence-corrected chi connectivity index (χ4v) is 3.03. The summed E-state index contributed by atoms with van der Waals surface area (Å²) in [6.45, 7) is 1.72. The molecule has 2 nitrogen and oxygen atoms in total. The lowest BCUT2D eigenvalue weighted by molar-refractivity contribution is -0.123. The van der Waals surface area contributed by atoms with E-state index >= 15 is 0 Å². The highest BCUT2D eigenvalue weighted by atomic mass is 35.5. The van der Waals surface area contributed by atoms with Crippen molar-refractivity contribution < 1.29 is 4.79 Å². The topological polar surface area (TPSA) is 20.3 Å². The summed E-state index contributed by atoms with van der Waals surface area (Å²) < 4.78 is 0. The van der Waals surface area contributed by atoms with Crippen LogP contribution in [-0.2, 0) is 11.3 Å². The summed E-state index contributed by atoms with van der Waals surface area (Å²) in [4.78, 5) is 14.2. The highest BCUT2D eigenvalue weighted by Crippen LogP contribution is 2.21. The minimum atomic E-state index is 0.228. The van der Waals surface area contributed by atoms with Crippen LogP contribution in [0.5, 0.6) is 0 Å². The minimum absolute atomic E-state index is 0.228.